The van der Waals surface area contributed by atoms with Gasteiger partial charge >= 0.3 is 11.9 Å². The van der Waals surface area contributed by atoms with Crippen LogP contribution in [0.15, 0.2) is 54.6 Å². The average Bonchev–Trinajstić information content (AvgIpc) is 2.60. The second kappa shape index (κ2) is 7.92. The minimum atomic E-state index is -1.07. The summed E-state index contributed by atoms with van der Waals surface area (Å²) in [6.45, 7) is 1.69. The molecular weight excluding hydrogens is 310 g/mol. The summed E-state index contributed by atoms with van der Waals surface area (Å²) in [5.41, 5.74) is 0.925. The standard InChI is InChI=1S/C18H17NO5/c1-2-24-16(20)12-19(15-6-4-3-5-7-15)17(21)13-8-10-14(11-9-13)18(22)23/h3-11H,2,12H2,1H3,(H,22,23). The largest absolute Gasteiger partial charge is 0.478 e. The van der Waals surface area contributed by atoms with Crippen molar-refractivity contribution < 1.29 is 24.2 Å². The number of carbonyl (C=O) groups is 3. The van der Waals surface area contributed by atoms with Crippen LogP contribution in [0.3, 0.4) is 0 Å². The van der Waals surface area contributed by atoms with Gasteiger partial charge in [0.05, 0.1) is 12.2 Å². The van der Waals surface area contributed by atoms with Gasteiger partial charge in [0.15, 0.2) is 0 Å². The van der Waals surface area contributed by atoms with Gasteiger partial charge in [-0.25, -0.2) is 4.79 Å². The van der Waals surface area contributed by atoms with Crippen molar-refractivity contribution in [1.82, 2.24) is 0 Å². The second-order valence-electron chi connectivity index (χ2n) is 4.91. The Kier molecular flexibility index (Phi) is 5.68. The summed E-state index contributed by atoms with van der Waals surface area (Å²) in [6, 6.07) is 14.3. The van der Waals surface area contributed by atoms with Crippen LogP contribution in [-0.4, -0.2) is 36.1 Å². The lowest BCUT2D eigenvalue weighted by Gasteiger charge is -2.22. The molecule has 6 heteroatoms. The Morgan fingerprint density at radius 1 is 0.958 bits per heavy atom. The van der Waals surface area contributed by atoms with Crippen molar-refractivity contribution >= 4 is 23.5 Å². The third-order valence-electron chi connectivity index (χ3n) is 3.28. The zero-order chi connectivity index (χ0) is 17.5. The predicted molar refractivity (Wildman–Crippen MR) is 88.2 cm³/mol. The van der Waals surface area contributed by atoms with E-state index in [0.29, 0.717) is 5.69 Å². The number of hydrogen-bond donors (Lipinski definition) is 1. The normalized spacial score (nSPS) is 10.0. The van der Waals surface area contributed by atoms with Crippen LogP contribution in [0.5, 0.6) is 0 Å². The first-order valence-corrected chi connectivity index (χ1v) is 7.38. The van der Waals surface area contributed by atoms with Crippen LogP contribution in [-0.2, 0) is 9.53 Å². The molecular formula is C18H17NO5. The lowest BCUT2D eigenvalue weighted by atomic mass is 10.1. The number of anilines is 1. The van der Waals surface area contributed by atoms with Gasteiger partial charge in [0.1, 0.15) is 6.54 Å². The van der Waals surface area contributed by atoms with Gasteiger partial charge < -0.3 is 9.84 Å². The number of carboxylic acids is 1. The fourth-order valence-electron chi connectivity index (χ4n) is 2.14. The second-order valence-corrected chi connectivity index (χ2v) is 4.91. The Morgan fingerprint density at radius 2 is 1.54 bits per heavy atom. The van der Waals surface area contributed by atoms with Crippen molar-refractivity contribution in [2.45, 2.75) is 6.92 Å². The van der Waals surface area contributed by atoms with Crippen LogP contribution in [0.25, 0.3) is 0 Å². The molecule has 2 aromatic rings. The Hall–Kier alpha value is -3.15. The van der Waals surface area contributed by atoms with Crippen LogP contribution >= 0.6 is 0 Å². The molecule has 24 heavy (non-hydrogen) atoms. The molecule has 2 aromatic carbocycles. The Labute approximate surface area is 139 Å². The van der Waals surface area contributed by atoms with E-state index in [2.05, 4.69) is 0 Å². The fraction of sp³-hybridized carbons (Fsp3) is 0.167. The molecule has 6 nitrogen and oxygen atoms in total. The summed E-state index contributed by atoms with van der Waals surface area (Å²) >= 11 is 0. The van der Waals surface area contributed by atoms with Crippen LogP contribution in [0, 0.1) is 0 Å². The molecule has 0 aromatic heterocycles. The van der Waals surface area contributed by atoms with Crippen molar-refractivity contribution in [3.8, 4) is 0 Å². The number of ether oxygens (including phenoxy) is 1. The smallest absolute Gasteiger partial charge is 0.335 e. The highest BCUT2D eigenvalue weighted by molar-refractivity contribution is 6.08. The van der Waals surface area contributed by atoms with E-state index in [9.17, 15) is 14.4 Å². The number of hydrogen-bond acceptors (Lipinski definition) is 4. The van der Waals surface area contributed by atoms with E-state index >= 15 is 0 Å². The number of rotatable bonds is 6. The maximum Gasteiger partial charge on any atom is 0.335 e. The summed E-state index contributed by atoms with van der Waals surface area (Å²) in [6.07, 6.45) is 0. The van der Waals surface area contributed by atoms with E-state index in [1.807, 2.05) is 0 Å². The van der Waals surface area contributed by atoms with Crippen molar-refractivity contribution in [2.24, 2.45) is 0 Å². The molecule has 124 valence electrons. The van der Waals surface area contributed by atoms with E-state index in [-0.39, 0.29) is 24.3 Å². The Bertz CT molecular complexity index is 725. The summed E-state index contributed by atoms with van der Waals surface area (Å²) in [5, 5.41) is 8.92. The van der Waals surface area contributed by atoms with Crippen LogP contribution in [0.1, 0.15) is 27.6 Å². The number of carboxylic acid groups (broad SMARTS) is 1. The molecule has 0 heterocycles. The van der Waals surface area contributed by atoms with Crippen molar-refractivity contribution in [2.75, 3.05) is 18.1 Å². The third-order valence-corrected chi connectivity index (χ3v) is 3.28. The highest BCUT2D eigenvalue weighted by atomic mass is 16.5. The fourth-order valence-corrected chi connectivity index (χ4v) is 2.14. The van der Waals surface area contributed by atoms with Crippen LogP contribution in [0.2, 0.25) is 0 Å². The molecule has 0 bridgehead atoms. The Balaban J connectivity index is 2.30. The number of amides is 1. The molecule has 0 aliphatic carbocycles. The first-order chi connectivity index (χ1) is 11.5. The molecule has 0 saturated heterocycles. The van der Waals surface area contributed by atoms with Gasteiger partial charge in [-0.3, -0.25) is 14.5 Å². The van der Waals surface area contributed by atoms with E-state index in [0.717, 1.165) is 0 Å². The molecule has 0 radical (unpaired) electrons. The molecule has 0 saturated carbocycles. The molecule has 0 fully saturated rings. The maximum absolute atomic E-state index is 12.7. The minimum absolute atomic E-state index is 0.0863. The maximum atomic E-state index is 12.7. The number of carbonyl (C=O) groups excluding carboxylic acids is 2. The highest BCUT2D eigenvalue weighted by Crippen LogP contribution is 2.17. The van der Waals surface area contributed by atoms with Gasteiger partial charge in [0.25, 0.3) is 5.91 Å². The number of benzene rings is 2. The molecule has 0 atom stereocenters. The van der Waals surface area contributed by atoms with Crippen molar-refractivity contribution in [3.05, 3.63) is 65.7 Å². The third kappa shape index (κ3) is 4.19. The first-order valence-electron chi connectivity index (χ1n) is 7.38. The number of aromatic carboxylic acids is 1. The highest BCUT2D eigenvalue weighted by Gasteiger charge is 2.21. The van der Waals surface area contributed by atoms with Gasteiger partial charge in [0, 0.05) is 11.3 Å². The number of esters is 1. The monoisotopic (exact) mass is 327 g/mol. The summed E-state index contributed by atoms with van der Waals surface area (Å²) in [4.78, 5) is 36.7. The van der Waals surface area contributed by atoms with Gasteiger partial charge in [0.2, 0.25) is 0 Å². The lowest BCUT2D eigenvalue weighted by Crippen LogP contribution is -2.36. The molecule has 0 spiro atoms. The van der Waals surface area contributed by atoms with E-state index in [4.69, 9.17) is 9.84 Å². The van der Waals surface area contributed by atoms with Gasteiger partial charge in [-0.1, -0.05) is 18.2 Å². The van der Waals surface area contributed by atoms with Crippen molar-refractivity contribution in [1.29, 1.82) is 0 Å². The molecule has 0 unspecified atom stereocenters. The SMILES string of the molecule is CCOC(=O)CN(C(=O)c1ccc(C(=O)O)cc1)c1ccccc1. The van der Waals surface area contributed by atoms with E-state index < -0.39 is 17.8 Å². The lowest BCUT2D eigenvalue weighted by molar-refractivity contribution is -0.141. The molecule has 0 aliphatic heterocycles. The number of para-hydroxylation sites is 1. The minimum Gasteiger partial charge on any atom is -0.478 e. The van der Waals surface area contributed by atoms with Crippen LogP contribution < -0.4 is 4.90 Å². The zero-order valence-electron chi connectivity index (χ0n) is 13.1. The topological polar surface area (TPSA) is 83.9 Å². The number of nitrogens with zero attached hydrogens (tertiary/aromatic N) is 1. The predicted octanol–water partition coefficient (Wildman–Crippen LogP) is 2.59. The van der Waals surface area contributed by atoms with Gasteiger partial charge in [-0.2, -0.15) is 0 Å². The molecule has 1 amide bonds. The van der Waals surface area contributed by atoms with Gasteiger partial charge in [-0.05, 0) is 43.3 Å². The van der Waals surface area contributed by atoms with Crippen LogP contribution in [0.4, 0.5) is 5.69 Å². The molecule has 0 aliphatic rings. The summed E-state index contributed by atoms with van der Waals surface area (Å²) < 4.78 is 4.92. The zero-order valence-corrected chi connectivity index (χ0v) is 13.1. The van der Waals surface area contributed by atoms with Gasteiger partial charge in [-0.15, -0.1) is 0 Å². The summed E-state index contributed by atoms with van der Waals surface area (Å²) in [5.74, 6) is -2.00. The first kappa shape index (κ1) is 17.2. The van der Waals surface area contributed by atoms with E-state index in [1.165, 1.54) is 29.2 Å². The average molecular weight is 327 g/mol. The quantitative estimate of drug-likeness (QED) is 0.825. The van der Waals surface area contributed by atoms with Crippen molar-refractivity contribution in [3.63, 3.8) is 0 Å². The molecule has 1 N–H and O–H groups in total. The van der Waals surface area contributed by atoms with E-state index in [1.54, 1.807) is 37.3 Å². The molecule has 2 rings (SSSR count). The Morgan fingerprint density at radius 3 is 2.08 bits per heavy atom. The summed E-state index contributed by atoms with van der Waals surface area (Å²) in [7, 11) is 0.